The highest BCUT2D eigenvalue weighted by molar-refractivity contribution is 6.23. The maximum absolute atomic E-state index is 6.08. The maximum Gasteiger partial charge on any atom is 0.133 e. The van der Waals surface area contributed by atoms with Gasteiger partial charge in [-0.1, -0.05) is 158 Å². The number of anilines is 1. The highest BCUT2D eigenvalue weighted by Crippen LogP contribution is 2.42. The van der Waals surface area contributed by atoms with Crippen molar-refractivity contribution >= 4 is 87.4 Å². The third-order valence-corrected chi connectivity index (χ3v) is 15.0. The predicted octanol–water partition coefficient (Wildman–Crippen LogP) is 16.0. The van der Waals surface area contributed by atoms with Gasteiger partial charge < -0.3 is 13.7 Å². The van der Waals surface area contributed by atoms with Crippen molar-refractivity contribution in [2.75, 3.05) is 4.90 Å². The van der Waals surface area contributed by atoms with E-state index >= 15 is 0 Å². The molecule has 0 amide bonds. The lowest BCUT2D eigenvalue weighted by Crippen LogP contribution is -2.34. The van der Waals surface area contributed by atoms with Crippen LogP contribution in [0.4, 0.5) is 5.69 Å². The first-order valence-corrected chi connectivity index (χ1v) is 23.8. The van der Waals surface area contributed by atoms with Gasteiger partial charge in [0.1, 0.15) is 5.58 Å². The van der Waals surface area contributed by atoms with E-state index in [0.717, 1.165) is 48.6 Å². The second-order valence-corrected chi connectivity index (χ2v) is 18.6. The lowest BCUT2D eigenvalue weighted by atomic mass is 9.82. The summed E-state index contributed by atoms with van der Waals surface area (Å²) in [7, 11) is 0. The Hall–Kier alpha value is -8.14. The largest absolute Gasteiger partial charge is 0.464 e. The van der Waals surface area contributed by atoms with E-state index in [1.807, 2.05) is 24.5 Å². The fourth-order valence-corrected chi connectivity index (χ4v) is 11.8. The van der Waals surface area contributed by atoms with Crippen LogP contribution in [0.25, 0.3) is 92.9 Å². The molecule has 0 saturated heterocycles. The normalized spacial score (nSPS) is 16.1. The van der Waals surface area contributed by atoms with Crippen LogP contribution in [0, 0.1) is 0 Å². The first-order chi connectivity index (χ1) is 33.2. The summed E-state index contributed by atoms with van der Waals surface area (Å²) in [5, 5.41) is 13.3. The Bertz CT molecular complexity index is 4020. The zero-order valence-electron chi connectivity index (χ0n) is 37.1. The molecule has 3 heterocycles. The van der Waals surface area contributed by atoms with Gasteiger partial charge in [0.15, 0.2) is 0 Å². The first-order valence-electron chi connectivity index (χ1n) is 23.8. The van der Waals surface area contributed by atoms with Crippen molar-refractivity contribution in [3.05, 3.63) is 240 Å². The molecule has 0 spiro atoms. The van der Waals surface area contributed by atoms with Crippen LogP contribution in [0.5, 0.6) is 0 Å². The van der Waals surface area contributed by atoms with Crippen LogP contribution in [0.2, 0.25) is 0 Å². The summed E-state index contributed by atoms with van der Waals surface area (Å²) < 4.78 is 8.54. The minimum atomic E-state index is 0.160. The Labute approximate surface area is 388 Å². The van der Waals surface area contributed by atoms with Crippen molar-refractivity contribution in [2.45, 2.75) is 38.1 Å². The quantitative estimate of drug-likeness (QED) is 0.166. The van der Waals surface area contributed by atoms with E-state index in [1.54, 1.807) is 0 Å². The van der Waals surface area contributed by atoms with Crippen molar-refractivity contribution in [3.8, 4) is 11.1 Å². The van der Waals surface area contributed by atoms with E-state index in [2.05, 4.69) is 197 Å². The van der Waals surface area contributed by atoms with Crippen molar-refractivity contribution in [1.82, 2.24) is 4.40 Å². The summed E-state index contributed by atoms with van der Waals surface area (Å²) in [4.78, 5) is 2.60. The predicted molar refractivity (Wildman–Crippen MR) is 282 cm³/mol. The number of fused-ring (bicyclic) bond motifs is 7. The summed E-state index contributed by atoms with van der Waals surface area (Å²) in [6.45, 7) is 0. The summed E-state index contributed by atoms with van der Waals surface area (Å²) >= 11 is 0. The number of hydrogen-bond donors (Lipinski definition) is 0. The van der Waals surface area contributed by atoms with Crippen molar-refractivity contribution in [1.29, 1.82) is 0 Å². The van der Waals surface area contributed by atoms with E-state index in [4.69, 9.17) is 4.42 Å². The zero-order chi connectivity index (χ0) is 44.0. The van der Waals surface area contributed by atoms with Gasteiger partial charge in [0.05, 0.1) is 28.9 Å². The third-order valence-electron chi connectivity index (χ3n) is 15.0. The third kappa shape index (κ3) is 6.11. The number of allylic oxidation sites excluding steroid dienone is 6. The zero-order valence-corrected chi connectivity index (χ0v) is 37.1. The Morgan fingerprint density at radius 3 is 2.13 bits per heavy atom. The van der Waals surface area contributed by atoms with Crippen molar-refractivity contribution in [3.63, 3.8) is 0 Å². The molecule has 3 heteroatoms. The van der Waals surface area contributed by atoms with E-state index in [1.165, 1.54) is 110 Å². The monoisotopic (exact) mass is 858 g/mol. The molecule has 8 aromatic carbocycles. The van der Waals surface area contributed by atoms with Crippen LogP contribution in [0.15, 0.2) is 228 Å². The van der Waals surface area contributed by atoms with E-state index in [0.29, 0.717) is 0 Å². The van der Waals surface area contributed by atoms with Gasteiger partial charge in [0, 0.05) is 38.3 Å². The molecule has 0 aliphatic heterocycles. The average molecular weight is 859 g/mol. The highest BCUT2D eigenvalue weighted by Gasteiger charge is 2.26. The van der Waals surface area contributed by atoms with Gasteiger partial charge in [0.25, 0.3) is 0 Å². The number of hydrogen-bond acceptors (Lipinski definition) is 2. The molecule has 1 atom stereocenters. The molecule has 11 aromatic rings. The number of aryl methyl sites for hydroxylation is 1. The Balaban J connectivity index is 0.839. The summed E-state index contributed by atoms with van der Waals surface area (Å²) in [5.41, 5.74) is 16.5. The molecular formula is C64H46N2O. The molecule has 0 radical (unpaired) electrons. The topological polar surface area (TPSA) is 20.8 Å². The van der Waals surface area contributed by atoms with Crippen LogP contribution in [-0.2, 0) is 6.42 Å². The van der Waals surface area contributed by atoms with E-state index in [-0.39, 0.29) is 6.04 Å². The van der Waals surface area contributed by atoms with E-state index in [9.17, 15) is 0 Å². The molecule has 3 nitrogen and oxygen atoms in total. The maximum atomic E-state index is 6.08. The standard InChI is InChI=1S/C64H46N2O/c1-4-17-61-45(8-1)10-5-9-41(38-39-67-61)42-20-29-50(30-21-42)65(52-33-24-44(25-34-52)53-35-26-48-19-18-46-11-6-12-47-27-36-55(53)63(48)62(46)47)51-31-22-43(23-32-51)49-28-37-60-58(40-49)57-15-7-14-56-54-13-2-3-16-59(54)66(60)64(56)57/h1-24,27-29,31-33,36-40,50H,25-26,30,34-35H2. The molecule has 318 valence electrons. The van der Waals surface area contributed by atoms with Crippen LogP contribution in [0.1, 0.15) is 36.8 Å². The van der Waals surface area contributed by atoms with Gasteiger partial charge in [-0.2, -0.15) is 0 Å². The lowest BCUT2D eigenvalue weighted by Gasteiger charge is -2.36. The molecule has 3 aliphatic carbocycles. The molecule has 3 aliphatic rings. The SMILES string of the molecule is C1=CC(N(C2=CC=C(C3=c4ccc5cccc6ccc(c4c65)CC3)CC2)c2ccc(-c3ccc4c(c3)c3cccc5c6ccccc6n4c53)cc2)CC=C1c1cccc2ccccc2occ1. The molecule has 67 heavy (non-hydrogen) atoms. The lowest BCUT2D eigenvalue weighted by molar-refractivity contribution is 0.606. The smallest absolute Gasteiger partial charge is 0.133 e. The van der Waals surface area contributed by atoms with Gasteiger partial charge in [-0.05, 0) is 146 Å². The fourth-order valence-electron chi connectivity index (χ4n) is 11.8. The number of rotatable bonds is 6. The number of para-hydroxylation sites is 3. The Morgan fingerprint density at radius 1 is 0.522 bits per heavy atom. The number of benzene rings is 8. The second kappa shape index (κ2) is 15.2. The molecular weight excluding hydrogens is 813 g/mol. The first kappa shape index (κ1) is 38.2. The van der Waals surface area contributed by atoms with Gasteiger partial charge in [-0.15, -0.1) is 0 Å². The molecule has 3 aromatic heterocycles. The van der Waals surface area contributed by atoms with Gasteiger partial charge in [-0.25, -0.2) is 0 Å². The molecule has 0 saturated carbocycles. The van der Waals surface area contributed by atoms with E-state index < -0.39 is 0 Å². The van der Waals surface area contributed by atoms with Crippen molar-refractivity contribution < 1.29 is 4.42 Å². The van der Waals surface area contributed by atoms with Gasteiger partial charge in [0.2, 0.25) is 0 Å². The number of aromatic nitrogens is 1. The molecule has 1 unspecified atom stereocenters. The Kier molecular flexibility index (Phi) is 8.67. The molecule has 0 bridgehead atoms. The number of nitrogens with zero attached hydrogens (tertiary/aromatic N) is 2. The van der Waals surface area contributed by atoms with Crippen LogP contribution >= 0.6 is 0 Å². The van der Waals surface area contributed by atoms with Crippen molar-refractivity contribution in [2.24, 2.45) is 0 Å². The van der Waals surface area contributed by atoms with Gasteiger partial charge in [-0.3, -0.25) is 0 Å². The second-order valence-electron chi connectivity index (χ2n) is 18.6. The minimum Gasteiger partial charge on any atom is -0.464 e. The van der Waals surface area contributed by atoms with Gasteiger partial charge >= 0.3 is 0 Å². The summed E-state index contributed by atoms with van der Waals surface area (Å²) in [6.07, 6.45) is 18.8. The minimum absolute atomic E-state index is 0.160. The molecule has 0 N–H and O–H groups in total. The fraction of sp³-hybridized carbons (Fsp3) is 0.0938. The van der Waals surface area contributed by atoms with Crippen LogP contribution in [0.3, 0.4) is 0 Å². The highest BCUT2D eigenvalue weighted by atomic mass is 16.3. The van der Waals surface area contributed by atoms with Crippen LogP contribution < -0.4 is 10.1 Å². The summed E-state index contributed by atoms with van der Waals surface area (Å²) in [5.74, 6) is 0. The Morgan fingerprint density at radius 2 is 1.27 bits per heavy atom. The van der Waals surface area contributed by atoms with Crippen LogP contribution in [-0.4, -0.2) is 10.4 Å². The average Bonchev–Trinajstić information content (AvgIpc) is 3.94. The molecule has 14 rings (SSSR count). The summed E-state index contributed by atoms with van der Waals surface area (Å²) in [6, 6.07) is 64.9. The molecule has 0 fully saturated rings.